The number of nitrogens with zero attached hydrogens (tertiary/aromatic N) is 3. The molecule has 16 heavy (non-hydrogen) atoms. The number of likely N-dealkylation sites (tertiary alicyclic amines) is 1. The zero-order valence-electron chi connectivity index (χ0n) is 8.35. The maximum Gasteiger partial charge on any atom is 0.408 e. The van der Waals surface area contributed by atoms with Crippen molar-refractivity contribution in [3.8, 4) is 0 Å². The predicted molar refractivity (Wildman–Crippen MR) is 52.0 cm³/mol. The molecule has 0 saturated carbocycles. The summed E-state index contributed by atoms with van der Waals surface area (Å²) in [6.07, 6.45) is 2.33. The first-order valence-corrected chi connectivity index (χ1v) is 4.81. The van der Waals surface area contributed by atoms with Crippen molar-refractivity contribution in [1.82, 2.24) is 14.7 Å². The largest absolute Gasteiger partial charge is 0.480 e. The third-order valence-corrected chi connectivity index (χ3v) is 2.71. The molecule has 2 atom stereocenters. The fourth-order valence-electron chi connectivity index (χ4n) is 1.95. The van der Waals surface area contributed by atoms with Crippen LogP contribution in [0.5, 0.6) is 0 Å². The zero-order chi connectivity index (χ0) is 11.7. The number of amides is 1. The Morgan fingerprint density at radius 1 is 1.38 bits per heavy atom. The van der Waals surface area contributed by atoms with Crippen LogP contribution in [0.15, 0.2) is 18.5 Å². The summed E-state index contributed by atoms with van der Waals surface area (Å²) >= 11 is 0. The number of hydrogen-bond acceptors (Lipinski definition) is 3. The van der Waals surface area contributed by atoms with E-state index in [4.69, 9.17) is 10.2 Å². The second-order valence-corrected chi connectivity index (χ2v) is 3.66. The molecule has 1 fully saturated rings. The minimum absolute atomic E-state index is 0.161. The van der Waals surface area contributed by atoms with Crippen molar-refractivity contribution in [3.05, 3.63) is 18.5 Å². The maximum atomic E-state index is 10.9. The third-order valence-electron chi connectivity index (χ3n) is 2.71. The van der Waals surface area contributed by atoms with Gasteiger partial charge < -0.3 is 10.2 Å². The van der Waals surface area contributed by atoms with Gasteiger partial charge in [0, 0.05) is 25.4 Å². The SMILES string of the molecule is O=C(O)[C@@H]1C[C@@H](n2cccn2)CN1C(=O)O. The normalized spacial score (nSPS) is 24.6. The highest BCUT2D eigenvalue weighted by atomic mass is 16.4. The smallest absolute Gasteiger partial charge is 0.408 e. The minimum Gasteiger partial charge on any atom is -0.480 e. The van der Waals surface area contributed by atoms with Gasteiger partial charge in [-0.2, -0.15) is 5.10 Å². The summed E-state index contributed by atoms with van der Waals surface area (Å²) in [5, 5.41) is 21.8. The van der Waals surface area contributed by atoms with Crippen molar-refractivity contribution in [2.45, 2.75) is 18.5 Å². The van der Waals surface area contributed by atoms with Gasteiger partial charge in [0.2, 0.25) is 0 Å². The van der Waals surface area contributed by atoms with Crippen LogP contribution in [0, 0.1) is 0 Å². The van der Waals surface area contributed by atoms with Crippen molar-refractivity contribution in [3.63, 3.8) is 0 Å². The van der Waals surface area contributed by atoms with E-state index >= 15 is 0 Å². The number of hydrogen-bond donors (Lipinski definition) is 2. The van der Waals surface area contributed by atoms with Gasteiger partial charge in [-0.3, -0.25) is 9.58 Å². The number of carbonyl (C=O) groups is 2. The zero-order valence-corrected chi connectivity index (χ0v) is 8.35. The molecule has 1 amide bonds. The predicted octanol–water partition coefficient (Wildman–Crippen LogP) is 0.261. The van der Waals surface area contributed by atoms with Crippen molar-refractivity contribution in [2.75, 3.05) is 6.54 Å². The summed E-state index contributed by atoms with van der Waals surface area (Å²) in [4.78, 5) is 22.7. The molecule has 2 N–H and O–H groups in total. The van der Waals surface area contributed by atoms with Crippen LogP contribution >= 0.6 is 0 Å². The topological polar surface area (TPSA) is 95.7 Å². The summed E-state index contributed by atoms with van der Waals surface area (Å²) in [5.41, 5.74) is 0. The molecule has 0 bridgehead atoms. The molecule has 86 valence electrons. The highest BCUT2D eigenvalue weighted by Gasteiger charge is 2.40. The van der Waals surface area contributed by atoms with Crippen molar-refractivity contribution < 1.29 is 19.8 Å². The molecule has 7 heteroatoms. The van der Waals surface area contributed by atoms with E-state index in [1.54, 1.807) is 23.1 Å². The van der Waals surface area contributed by atoms with Gasteiger partial charge in [-0.05, 0) is 6.07 Å². The highest BCUT2D eigenvalue weighted by molar-refractivity contribution is 5.80. The molecule has 2 heterocycles. The van der Waals surface area contributed by atoms with Crippen LogP contribution in [-0.4, -0.2) is 49.5 Å². The number of aliphatic carboxylic acids is 1. The van der Waals surface area contributed by atoms with E-state index in [1.807, 2.05) is 0 Å². The molecule has 1 aromatic rings. The van der Waals surface area contributed by atoms with Gasteiger partial charge in [0.15, 0.2) is 0 Å². The van der Waals surface area contributed by atoms with Gasteiger partial charge in [-0.15, -0.1) is 0 Å². The second kappa shape index (κ2) is 3.84. The van der Waals surface area contributed by atoms with Crippen LogP contribution in [0.4, 0.5) is 4.79 Å². The van der Waals surface area contributed by atoms with Gasteiger partial charge in [0.1, 0.15) is 6.04 Å². The van der Waals surface area contributed by atoms with Crippen LogP contribution in [0.25, 0.3) is 0 Å². The summed E-state index contributed by atoms with van der Waals surface area (Å²) in [6, 6.07) is 0.540. The van der Waals surface area contributed by atoms with E-state index in [-0.39, 0.29) is 19.0 Å². The average Bonchev–Trinajstić information content (AvgIpc) is 2.86. The molecule has 1 aliphatic heterocycles. The monoisotopic (exact) mass is 225 g/mol. The first-order valence-electron chi connectivity index (χ1n) is 4.81. The minimum atomic E-state index is -1.21. The molecule has 7 nitrogen and oxygen atoms in total. The molecule has 1 aliphatic rings. The molecule has 0 spiro atoms. The Labute approximate surface area is 90.9 Å². The number of rotatable bonds is 2. The lowest BCUT2D eigenvalue weighted by molar-refractivity contribution is -0.141. The van der Waals surface area contributed by atoms with E-state index in [0.717, 1.165) is 4.90 Å². The van der Waals surface area contributed by atoms with Crippen LogP contribution in [-0.2, 0) is 4.79 Å². The first kappa shape index (κ1) is 10.5. The van der Waals surface area contributed by atoms with E-state index in [9.17, 15) is 9.59 Å². The first-order chi connectivity index (χ1) is 7.59. The van der Waals surface area contributed by atoms with Gasteiger partial charge in [-0.25, -0.2) is 9.59 Å². The van der Waals surface area contributed by atoms with Crippen molar-refractivity contribution in [1.29, 1.82) is 0 Å². The summed E-state index contributed by atoms with van der Waals surface area (Å²) in [5.74, 6) is -1.11. The fraction of sp³-hybridized carbons (Fsp3) is 0.444. The van der Waals surface area contributed by atoms with E-state index in [0.29, 0.717) is 0 Å². The summed E-state index contributed by atoms with van der Waals surface area (Å²) in [6.45, 7) is 0.161. The van der Waals surface area contributed by atoms with Crippen LogP contribution in [0.2, 0.25) is 0 Å². The number of aromatic nitrogens is 2. The number of carboxylic acids is 1. The molecule has 1 aromatic heterocycles. The lowest BCUT2D eigenvalue weighted by Crippen LogP contribution is -2.39. The maximum absolute atomic E-state index is 10.9. The molecule has 0 unspecified atom stereocenters. The standard InChI is InChI=1S/C9H11N3O4/c13-8(14)7-4-6(5-11(7)9(15)16)12-3-1-2-10-12/h1-3,6-7H,4-5H2,(H,13,14)(H,15,16)/t6-,7+/m1/s1. The average molecular weight is 225 g/mol. The Morgan fingerprint density at radius 3 is 2.56 bits per heavy atom. The van der Waals surface area contributed by atoms with Gasteiger partial charge in [0.05, 0.1) is 6.04 Å². The molecule has 0 radical (unpaired) electrons. The van der Waals surface area contributed by atoms with Crippen LogP contribution < -0.4 is 0 Å². The van der Waals surface area contributed by atoms with Crippen molar-refractivity contribution >= 4 is 12.1 Å². The summed E-state index contributed by atoms with van der Waals surface area (Å²) < 4.78 is 1.60. The second-order valence-electron chi connectivity index (χ2n) is 3.66. The lowest BCUT2D eigenvalue weighted by Gasteiger charge is -2.16. The molecule has 0 aliphatic carbocycles. The number of carboxylic acid groups (broad SMARTS) is 2. The van der Waals surface area contributed by atoms with Crippen molar-refractivity contribution in [2.24, 2.45) is 0 Å². The third kappa shape index (κ3) is 1.71. The molecule has 1 saturated heterocycles. The van der Waals surface area contributed by atoms with E-state index in [1.165, 1.54) is 0 Å². The Morgan fingerprint density at radius 2 is 2.12 bits per heavy atom. The van der Waals surface area contributed by atoms with Crippen LogP contribution in [0.3, 0.4) is 0 Å². The fourth-order valence-corrected chi connectivity index (χ4v) is 1.95. The molecule has 2 rings (SSSR count). The van der Waals surface area contributed by atoms with Gasteiger partial charge >= 0.3 is 12.1 Å². The quantitative estimate of drug-likeness (QED) is 0.752. The van der Waals surface area contributed by atoms with E-state index in [2.05, 4.69) is 5.10 Å². The Hall–Kier alpha value is -2.05. The Balaban J connectivity index is 2.18. The van der Waals surface area contributed by atoms with Gasteiger partial charge in [0.25, 0.3) is 0 Å². The van der Waals surface area contributed by atoms with Crippen LogP contribution in [0.1, 0.15) is 12.5 Å². The summed E-state index contributed by atoms with van der Waals surface area (Å²) in [7, 11) is 0. The van der Waals surface area contributed by atoms with Gasteiger partial charge in [-0.1, -0.05) is 0 Å². The van der Waals surface area contributed by atoms with E-state index < -0.39 is 18.1 Å². The lowest BCUT2D eigenvalue weighted by atomic mass is 10.2. The molecular formula is C9H11N3O4. The Kier molecular flexibility index (Phi) is 2.51. The Bertz CT molecular complexity index is 381. The molecular weight excluding hydrogens is 214 g/mol. The molecule has 0 aromatic carbocycles. The highest BCUT2D eigenvalue weighted by Crippen LogP contribution is 2.26.